The molecule has 0 aromatic heterocycles. The third kappa shape index (κ3) is 2.40. The topological polar surface area (TPSA) is 43.1 Å². The number of nitrogen functional groups attached to an aromatic ring is 1. The third-order valence-electron chi connectivity index (χ3n) is 2.43. The molecule has 2 aromatic rings. The van der Waals surface area contributed by atoms with Gasteiger partial charge in [0.2, 0.25) is 0 Å². The highest BCUT2D eigenvalue weighted by Crippen LogP contribution is 2.27. The zero-order valence-corrected chi connectivity index (χ0v) is 11.4. The second-order valence-electron chi connectivity index (χ2n) is 3.67. The van der Waals surface area contributed by atoms with Crippen molar-refractivity contribution in [2.75, 3.05) is 5.73 Å². The molecule has 0 aliphatic heterocycles. The number of carbonyl (C=O) groups excluding carboxylic acids is 1. The van der Waals surface area contributed by atoms with E-state index in [1.807, 2.05) is 0 Å². The average Bonchev–Trinajstić information content (AvgIpc) is 2.28. The summed E-state index contributed by atoms with van der Waals surface area (Å²) in [6.45, 7) is 0. The van der Waals surface area contributed by atoms with Crippen LogP contribution in [0.2, 0.25) is 5.02 Å². The Kier molecular flexibility index (Phi) is 3.68. The molecule has 0 aliphatic carbocycles. The highest BCUT2D eigenvalue weighted by atomic mass is 79.9. The number of nitrogens with two attached hydrogens (primary N) is 1. The molecule has 18 heavy (non-hydrogen) atoms. The molecule has 0 unspecified atom stereocenters. The fraction of sp³-hybridized carbons (Fsp3) is 0. The summed E-state index contributed by atoms with van der Waals surface area (Å²) >= 11 is 9.08. The van der Waals surface area contributed by atoms with Crippen LogP contribution in [-0.2, 0) is 0 Å². The van der Waals surface area contributed by atoms with Gasteiger partial charge in [-0.05, 0) is 46.3 Å². The lowest BCUT2D eigenvalue weighted by Crippen LogP contribution is -2.06. The maximum atomic E-state index is 13.7. The number of rotatable bonds is 2. The van der Waals surface area contributed by atoms with E-state index in [1.165, 1.54) is 24.3 Å². The summed E-state index contributed by atoms with van der Waals surface area (Å²) < 4.78 is 14.2. The molecule has 0 amide bonds. The van der Waals surface area contributed by atoms with Gasteiger partial charge in [0.05, 0.1) is 10.6 Å². The number of hydrogen-bond donors (Lipinski definition) is 1. The minimum absolute atomic E-state index is 0.0868. The minimum Gasteiger partial charge on any atom is -0.399 e. The first kappa shape index (κ1) is 13.1. The molecule has 2 rings (SSSR count). The molecule has 0 fully saturated rings. The molecule has 0 bridgehead atoms. The second-order valence-corrected chi connectivity index (χ2v) is 4.93. The number of anilines is 1. The molecule has 0 saturated heterocycles. The molecule has 0 atom stereocenters. The van der Waals surface area contributed by atoms with E-state index in [0.717, 1.165) is 0 Å². The molecule has 0 heterocycles. The van der Waals surface area contributed by atoms with Crippen molar-refractivity contribution in [1.82, 2.24) is 0 Å². The molecule has 0 aliphatic rings. The van der Waals surface area contributed by atoms with Crippen molar-refractivity contribution in [3.05, 3.63) is 62.8 Å². The maximum absolute atomic E-state index is 13.7. The number of benzene rings is 2. The Bertz CT molecular complexity index is 610. The smallest absolute Gasteiger partial charge is 0.198 e. The minimum atomic E-state index is -0.642. The van der Waals surface area contributed by atoms with Gasteiger partial charge in [-0.15, -0.1) is 0 Å². The quantitative estimate of drug-likeness (QED) is 0.667. The van der Waals surface area contributed by atoms with Crippen LogP contribution in [0, 0.1) is 5.82 Å². The molecule has 2 N–H and O–H groups in total. The van der Waals surface area contributed by atoms with Crippen LogP contribution in [0.25, 0.3) is 0 Å². The SMILES string of the molecule is Nc1ccc(C(=O)c2c(F)cccc2Cl)c(Br)c1. The number of ketones is 1. The fourth-order valence-corrected chi connectivity index (χ4v) is 2.39. The van der Waals surface area contributed by atoms with Gasteiger partial charge in [-0.2, -0.15) is 0 Å². The van der Waals surface area contributed by atoms with Gasteiger partial charge in [0.15, 0.2) is 5.78 Å². The van der Waals surface area contributed by atoms with Crippen LogP contribution in [0.5, 0.6) is 0 Å². The van der Waals surface area contributed by atoms with E-state index in [0.29, 0.717) is 15.7 Å². The van der Waals surface area contributed by atoms with Crippen molar-refractivity contribution in [2.45, 2.75) is 0 Å². The van der Waals surface area contributed by atoms with E-state index in [2.05, 4.69) is 15.9 Å². The molecular formula is C13H8BrClFNO. The largest absolute Gasteiger partial charge is 0.399 e. The van der Waals surface area contributed by atoms with Gasteiger partial charge in [0, 0.05) is 15.7 Å². The van der Waals surface area contributed by atoms with Gasteiger partial charge in [-0.1, -0.05) is 17.7 Å². The van der Waals surface area contributed by atoms with Crippen LogP contribution in [-0.4, -0.2) is 5.78 Å². The van der Waals surface area contributed by atoms with Gasteiger partial charge < -0.3 is 5.73 Å². The van der Waals surface area contributed by atoms with Crippen LogP contribution in [0.4, 0.5) is 10.1 Å². The normalized spacial score (nSPS) is 10.4. The fourth-order valence-electron chi connectivity index (χ4n) is 1.56. The van der Waals surface area contributed by atoms with Crippen LogP contribution < -0.4 is 5.73 Å². The van der Waals surface area contributed by atoms with Crippen molar-refractivity contribution >= 4 is 39.0 Å². The standard InChI is InChI=1S/C13H8BrClFNO/c14-9-6-7(17)4-5-8(9)13(18)12-10(15)2-1-3-11(12)16/h1-6H,17H2. The summed E-state index contributed by atoms with van der Waals surface area (Å²) in [5.41, 5.74) is 6.28. The van der Waals surface area contributed by atoms with Crippen molar-refractivity contribution in [1.29, 1.82) is 0 Å². The average molecular weight is 329 g/mol. The van der Waals surface area contributed by atoms with Crippen molar-refractivity contribution < 1.29 is 9.18 Å². The molecule has 0 saturated carbocycles. The van der Waals surface area contributed by atoms with E-state index < -0.39 is 11.6 Å². The summed E-state index contributed by atoms with van der Waals surface area (Å²) in [7, 11) is 0. The molecule has 5 heteroatoms. The van der Waals surface area contributed by atoms with Gasteiger partial charge >= 0.3 is 0 Å². The molecule has 0 spiro atoms. The Morgan fingerprint density at radius 3 is 2.61 bits per heavy atom. The second kappa shape index (κ2) is 5.08. The first-order chi connectivity index (χ1) is 8.50. The van der Waals surface area contributed by atoms with E-state index >= 15 is 0 Å². The Labute approximate surface area is 117 Å². The van der Waals surface area contributed by atoms with E-state index in [1.54, 1.807) is 12.1 Å². The van der Waals surface area contributed by atoms with E-state index in [-0.39, 0.29) is 10.6 Å². The van der Waals surface area contributed by atoms with Crippen LogP contribution in [0.3, 0.4) is 0 Å². The molecule has 92 valence electrons. The highest BCUT2D eigenvalue weighted by molar-refractivity contribution is 9.10. The predicted octanol–water partition coefficient (Wildman–Crippen LogP) is 4.05. The van der Waals surface area contributed by atoms with Gasteiger partial charge in [-0.3, -0.25) is 4.79 Å². The Morgan fingerprint density at radius 1 is 1.28 bits per heavy atom. The van der Waals surface area contributed by atoms with Crippen molar-refractivity contribution in [2.24, 2.45) is 0 Å². The van der Waals surface area contributed by atoms with Crippen LogP contribution >= 0.6 is 27.5 Å². The summed E-state index contributed by atoms with van der Waals surface area (Å²) in [6, 6.07) is 8.82. The zero-order valence-electron chi connectivity index (χ0n) is 9.08. The Morgan fingerprint density at radius 2 is 2.00 bits per heavy atom. The number of hydrogen-bond acceptors (Lipinski definition) is 2. The summed E-state index contributed by atoms with van der Waals surface area (Å²) in [6.07, 6.45) is 0. The van der Waals surface area contributed by atoms with E-state index in [9.17, 15) is 9.18 Å². The first-order valence-corrected chi connectivity index (χ1v) is 6.21. The van der Waals surface area contributed by atoms with Gasteiger partial charge in [0.1, 0.15) is 5.82 Å². The molecular weight excluding hydrogens is 321 g/mol. The lowest BCUT2D eigenvalue weighted by Gasteiger charge is -2.07. The number of carbonyl (C=O) groups is 1. The molecule has 2 aromatic carbocycles. The van der Waals surface area contributed by atoms with Gasteiger partial charge in [-0.25, -0.2) is 4.39 Å². The molecule has 0 radical (unpaired) electrons. The maximum Gasteiger partial charge on any atom is 0.198 e. The third-order valence-corrected chi connectivity index (χ3v) is 3.40. The van der Waals surface area contributed by atoms with Crippen LogP contribution in [0.1, 0.15) is 15.9 Å². The summed E-state index contributed by atoms with van der Waals surface area (Å²) in [5.74, 6) is -1.12. The van der Waals surface area contributed by atoms with Crippen molar-refractivity contribution in [3.8, 4) is 0 Å². The summed E-state index contributed by atoms with van der Waals surface area (Å²) in [5, 5.41) is 0.0868. The number of halogens is 3. The highest BCUT2D eigenvalue weighted by Gasteiger charge is 2.19. The lowest BCUT2D eigenvalue weighted by molar-refractivity contribution is 0.103. The first-order valence-electron chi connectivity index (χ1n) is 5.04. The zero-order chi connectivity index (χ0) is 13.3. The summed E-state index contributed by atoms with van der Waals surface area (Å²) in [4.78, 5) is 12.2. The molecule has 2 nitrogen and oxygen atoms in total. The van der Waals surface area contributed by atoms with E-state index in [4.69, 9.17) is 17.3 Å². The Hall–Kier alpha value is -1.39. The predicted molar refractivity (Wildman–Crippen MR) is 73.4 cm³/mol. The lowest BCUT2D eigenvalue weighted by atomic mass is 10.0. The van der Waals surface area contributed by atoms with Gasteiger partial charge in [0.25, 0.3) is 0 Å². The van der Waals surface area contributed by atoms with Crippen molar-refractivity contribution in [3.63, 3.8) is 0 Å². The Balaban J connectivity index is 2.55. The van der Waals surface area contributed by atoms with Crippen LogP contribution in [0.15, 0.2) is 40.9 Å². The monoisotopic (exact) mass is 327 g/mol.